The molecule has 138 valence electrons. The van der Waals surface area contributed by atoms with Crippen molar-refractivity contribution in [1.29, 1.82) is 5.26 Å². The Bertz CT molecular complexity index is 724. The van der Waals surface area contributed by atoms with Gasteiger partial charge in [-0.05, 0) is 43.4 Å². The van der Waals surface area contributed by atoms with Gasteiger partial charge in [-0.2, -0.15) is 5.26 Å². The van der Waals surface area contributed by atoms with Crippen molar-refractivity contribution < 1.29 is 19.4 Å². The molecule has 0 spiro atoms. The molecule has 0 bridgehead atoms. The summed E-state index contributed by atoms with van der Waals surface area (Å²) in [4.78, 5) is 14.4. The summed E-state index contributed by atoms with van der Waals surface area (Å²) in [5.74, 6) is 0.948. The summed E-state index contributed by atoms with van der Waals surface area (Å²) < 4.78 is 10.6. The molecule has 1 atom stereocenters. The Hall–Kier alpha value is -2.72. The van der Waals surface area contributed by atoms with Gasteiger partial charge in [-0.3, -0.25) is 4.79 Å². The first-order valence-electron chi connectivity index (χ1n) is 8.86. The average molecular weight is 357 g/mol. The quantitative estimate of drug-likeness (QED) is 0.594. The first-order valence-corrected chi connectivity index (χ1v) is 8.86. The molecule has 0 radical (unpaired) electrons. The molecule has 7 nitrogen and oxygen atoms in total. The molecule has 1 aromatic rings. The van der Waals surface area contributed by atoms with E-state index in [9.17, 15) is 15.2 Å². The maximum Gasteiger partial charge on any atom is 0.263 e. The number of hydrogen-bond acceptors (Lipinski definition) is 6. The van der Waals surface area contributed by atoms with Gasteiger partial charge in [-0.1, -0.05) is 6.07 Å². The third-order valence-corrected chi connectivity index (χ3v) is 4.69. The van der Waals surface area contributed by atoms with Gasteiger partial charge in [0.2, 0.25) is 6.79 Å². The van der Waals surface area contributed by atoms with Crippen LogP contribution in [0.1, 0.15) is 31.2 Å². The predicted octanol–water partition coefficient (Wildman–Crippen LogP) is 1.68. The lowest BCUT2D eigenvalue weighted by Gasteiger charge is -2.34. The number of nitrogens with zero attached hydrogens (tertiary/aromatic N) is 2. The molecule has 1 saturated heterocycles. The van der Waals surface area contributed by atoms with E-state index < -0.39 is 5.91 Å². The second kappa shape index (κ2) is 8.59. The highest BCUT2D eigenvalue weighted by atomic mass is 16.7. The maximum atomic E-state index is 12.4. The Morgan fingerprint density at radius 3 is 3.04 bits per heavy atom. The van der Waals surface area contributed by atoms with E-state index >= 15 is 0 Å². The van der Waals surface area contributed by atoms with Crippen LogP contribution in [0.2, 0.25) is 0 Å². The van der Waals surface area contributed by atoms with Crippen molar-refractivity contribution in [2.75, 3.05) is 19.9 Å². The first-order chi connectivity index (χ1) is 12.7. The molecule has 0 aliphatic carbocycles. The predicted molar refractivity (Wildman–Crippen MR) is 94.2 cm³/mol. The Morgan fingerprint density at radius 1 is 1.38 bits per heavy atom. The van der Waals surface area contributed by atoms with Crippen LogP contribution in [0.3, 0.4) is 0 Å². The summed E-state index contributed by atoms with van der Waals surface area (Å²) in [6.45, 7) is 1.41. The average Bonchev–Trinajstić information content (AvgIpc) is 3.13. The number of hydrogen-bond donors (Lipinski definition) is 2. The van der Waals surface area contributed by atoms with Crippen LogP contribution < -0.4 is 14.8 Å². The van der Waals surface area contributed by atoms with Gasteiger partial charge in [0.25, 0.3) is 5.91 Å². The van der Waals surface area contributed by atoms with E-state index in [4.69, 9.17) is 9.47 Å². The van der Waals surface area contributed by atoms with Gasteiger partial charge in [0.1, 0.15) is 11.6 Å². The molecular weight excluding hydrogens is 334 g/mol. The summed E-state index contributed by atoms with van der Waals surface area (Å²) >= 11 is 0. The number of aliphatic hydroxyl groups excluding tert-OH is 1. The number of ether oxygens (including phenoxy) is 2. The number of piperidine rings is 1. The molecule has 2 heterocycles. The van der Waals surface area contributed by atoms with Crippen LogP contribution in [-0.2, 0) is 11.3 Å². The van der Waals surface area contributed by atoms with Crippen molar-refractivity contribution >= 4 is 5.91 Å². The molecule has 3 rings (SSSR count). The highest BCUT2D eigenvalue weighted by Gasteiger charge is 2.21. The van der Waals surface area contributed by atoms with Crippen molar-refractivity contribution in [1.82, 2.24) is 10.2 Å². The lowest BCUT2D eigenvalue weighted by atomic mass is 10.00. The second-order valence-electron chi connectivity index (χ2n) is 6.42. The van der Waals surface area contributed by atoms with Crippen LogP contribution in [0, 0.1) is 11.3 Å². The number of nitrogens with one attached hydrogen (secondary N) is 1. The molecule has 0 saturated carbocycles. The number of nitriles is 1. The number of aliphatic hydroxyl groups is 1. The number of fused-ring (bicyclic) bond motifs is 1. The number of carbonyl (C=O) groups excluding carboxylic acids is 1. The summed E-state index contributed by atoms with van der Waals surface area (Å²) in [6.07, 6.45) is 5.38. The van der Waals surface area contributed by atoms with Gasteiger partial charge in [-0.15, -0.1) is 0 Å². The molecule has 2 N–H and O–H groups in total. The van der Waals surface area contributed by atoms with E-state index in [1.165, 1.54) is 0 Å². The van der Waals surface area contributed by atoms with E-state index in [0.29, 0.717) is 24.5 Å². The third kappa shape index (κ3) is 4.27. The van der Waals surface area contributed by atoms with Crippen molar-refractivity contribution in [2.24, 2.45) is 0 Å². The highest BCUT2D eigenvalue weighted by molar-refractivity contribution is 5.97. The third-order valence-electron chi connectivity index (χ3n) is 4.69. The van der Waals surface area contributed by atoms with Crippen molar-refractivity contribution in [3.63, 3.8) is 0 Å². The number of rotatable bonds is 6. The monoisotopic (exact) mass is 357 g/mol. The largest absolute Gasteiger partial charge is 0.454 e. The SMILES string of the molecule is N#C/C(=C/N1CCCCC1CCO)C(=O)NCc1ccc2c(c1)OCO2. The first kappa shape index (κ1) is 18.1. The standard InChI is InChI=1S/C19H23N3O4/c20-10-15(12-22-7-2-1-3-16(22)6-8-23)19(24)21-11-14-4-5-17-18(9-14)26-13-25-17/h4-5,9,12,16,23H,1-3,6-8,11,13H2,(H,21,24)/b15-12-. The highest BCUT2D eigenvalue weighted by Crippen LogP contribution is 2.32. The fourth-order valence-corrected chi connectivity index (χ4v) is 3.28. The fourth-order valence-electron chi connectivity index (χ4n) is 3.28. The van der Waals surface area contributed by atoms with E-state index in [1.807, 2.05) is 23.1 Å². The Labute approximate surface area is 152 Å². The van der Waals surface area contributed by atoms with Crippen LogP contribution in [-0.4, -0.2) is 41.9 Å². The lowest BCUT2D eigenvalue weighted by Crippen LogP contribution is -2.37. The van der Waals surface area contributed by atoms with Crippen LogP contribution in [0.25, 0.3) is 0 Å². The number of carbonyl (C=O) groups is 1. The van der Waals surface area contributed by atoms with Gasteiger partial charge in [-0.25, -0.2) is 0 Å². The maximum absolute atomic E-state index is 12.4. The Morgan fingerprint density at radius 2 is 2.23 bits per heavy atom. The smallest absolute Gasteiger partial charge is 0.263 e. The van der Waals surface area contributed by atoms with E-state index in [2.05, 4.69) is 5.32 Å². The molecular formula is C19H23N3O4. The van der Waals surface area contributed by atoms with Crippen LogP contribution in [0.5, 0.6) is 11.5 Å². The normalized spacial score (nSPS) is 19.2. The molecule has 1 unspecified atom stereocenters. The van der Waals surface area contributed by atoms with Gasteiger partial charge in [0.05, 0.1) is 0 Å². The van der Waals surface area contributed by atoms with E-state index in [-0.39, 0.29) is 25.0 Å². The minimum atomic E-state index is -0.404. The number of amides is 1. The minimum absolute atomic E-state index is 0.0792. The molecule has 1 fully saturated rings. The summed E-state index contributed by atoms with van der Waals surface area (Å²) in [7, 11) is 0. The summed E-state index contributed by atoms with van der Waals surface area (Å²) in [5, 5.41) is 21.4. The number of benzene rings is 1. The van der Waals surface area contributed by atoms with Gasteiger partial charge < -0.3 is 24.8 Å². The molecule has 7 heteroatoms. The van der Waals surface area contributed by atoms with Crippen molar-refractivity contribution in [2.45, 2.75) is 38.3 Å². The van der Waals surface area contributed by atoms with Gasteiger partial charge in [0.15, 0.2) is 11.5 Å². The van der Waals surface area contributed by atoms with E-state index in [0.717, 1.165) is 31.4 Å². The van der Waals surface area contributed by atoms with Crippen LogP contribution >= 0.6 is 0 Å². The zero-order valence-corrected chi connectivity index (χ0v) is 14.6. The number of likely N-dealkylation sites (tertiary alicyclic amines) is 1. The Balaban J connectivity index is 1.62. The Kier molecular flexibility index (Phi) is 5.97. The van der Waals surface area contributed by atoms with Crippen LogP contribution in [0.4, 0.5) is 0 Å². The lowest BCUT2D eigenvalue weighted by molar-refractivity contribution is -0.117. The zero-order chi connectivity index (χ0) is 18.4. The molecule has 2 aliphatic heterocycles. The van der Waals surface area contributed by atoms with Gasteiger partial charge >= 0.3 is 0 Å². The van der Waals surface area contributed by atoms with Gasteiger partial charge in [0, 0.05) is 31.9 Å². The molecule has 0 aromatic heterocycles. The minimum Gasteiger partial charge on any atom is -0.454 e. The summed E-state index contributed by atoms with van der Waals surface area (Å²) in [6, 6.07) is 7.65. The van der Waals surface area contributed by atoms with Crippen LogP contribution in [0.15, 0.2) is 30.0 Å². The topological polar surface area (TPSA) is 94.8 Å². The summed E-state index contributed by atoms with van der Waals surface area (Å²) in [5.41, 5.74) is 0.951. The van der Waals surface area contributed by atoms with E-state index in [1.54, 1.807) is 12.3 Å². The molecule has 26 heavy (non-hydrogen) atoms. The second-order valence-corrected chi connectivity index (χ2v) is 6.42. The molecule has 1 aromatic carbocycles. The molecule has 1 amide bonds. The van der Waals surface area contributed by atoms with Crippen molar-refractivity contribution in [3.05, 3.63) is 35.5 Å². The zero-order valence-electron chi connectivity index (χ0n) is 14.6. The fraction of sp³-hybridized carbons (Fsp3) is 0.474. The molecule has 2 aliphatic rings. The van der Waals surface area contributed by atoms with Crippen molar-refractivity contribution in [3.8, 4) is 17.6 Å².